The van der Waals surface area contributed by atoms with Gasteiger partial charge in [-0.3, -0.25) is 0 Å². The van der Waals surface area contributed by atoms with Crippen LogP contribution >= 0.6 is 11.6 Å². The molecule has 0 spiro atoms. The van der Waals surface area contributed by atoms with Crippen molar-refractivity contribution in [2.75, 3.05) is 0 Å². The third-order valence-electron chi connectivity index (χ3n) is 10.2. The highest BCUT2D eigenvalue weighted by atomic mass is 35.5. The van der Waals surface area contributed by atoms with Crippen LogP contribution in [0.25, 0.3) is 0 Å². The zero-order chi connectivity index (χ0) is 19.0. The average Bonchev–Trinajstić information content (AvgIpc) is 2.45. The Balaban J connectivity index is 2.90. The van der Waals surface area contributed by atoms with Crippen LogP contribution in [-0.2, 0) is 5.31 Å². The van der Waals surface area contributed by atoms with Gasteiger partial charge in [0.25, 0.3) is 0 Å². The summed E-state index contributed by atoms with van der Waals surface area (Å²) < 4.78 is 0. The van der Waals surface area contributed by atoms with Crippen molar-refractivity contribution in [1.82, 2.24) is 0 Å². The molecule has 1 aromatic rings. The summed E-state index contributed by atoms with van der Waals surface area (Å²) in [6.45, 7) is 0. The second-order valence-corrected chi connectivity index (χ2v) is 11.2. The van der Waals surface area contributed by atoms with Crippen LogP contribution in [0.2, 0.25) is 31.1 Å². The van der Waals surface area contributed by atoms with E-state index < -0.39 is 0 Å². The Bertz CT molecular complexity index is 619. The van der Waals surface area contributed by atoms with Crippen molar-refractivity contribution >= 4 is 97.9 Å². The summed E-state index contributed by atoms with van der Waals surface area (Å²) in [6, 6.07) is 8.59. The Hall–Kier alpha value is 0.224. The molecule has 24 heavy (non-hydrogen) atoms. The van der Waals surface area contributed by atoms with E-state index in [1.165, 1.54) is 5.56 Å². The molecular formula is C12H26B11Cl. The second-order valence-electron chi connectivity index (χ2n) is 10.8. The molecule has 114 valence electrons. The fourth-order valence-electron chi connectivity index (χ4n) is 5.88. The summed E-state index contributed by atoms with van der Waals surface area (Å²) in [4.78, 5) is 0. The maximum atomic E-state index is 6.20. The van der Waals surface area contributed by atoms with Crippen molar-refractivity contribution < 1.29 is 0 Å². The third-order valence-corrected chi connectivity index (χ3v) is 10.4. The molecule has 1 aliphatic carbocycles. The standard InChI is InChI=1S/C12H26B11Cl/c13-7(5-1-3-6(24)4-2-5)8(14,15)10(18,19)12(22,23)11(20,21)9(7,16)17/h1-4H,13-23H2. The van der Waals surface area contributed by atoms with Gasteiger partial charge < -0.3 is 0 Å². The van der Waals surface area contributed by atoms with Crippen LogP contribution in [-0.4, -0.2) is 86.3 Å². The lowest BCUT2D eigenvalue weighted by molar-refractivity contribution is 0.273. The Morgan fingerprint density at radius 1 is 0.500 bits per heavy atom. The quantitative estimate of drug-likeness (QED) is 0.451. The molecule has 0 aliphatic heterocycles. The second kappa shape index (κ2) is 5.37. The summed E-state index contributed by atoms with van der Waals surface area (Å²) in [6.07, 6.45) is 0. The van der Waals surface area contributed by atoms with Crippen LogP contribution < -0.4 is 0 Å². The SMILES string of the molecule is BC1(B)C(B)(B)C(B)(B)C(B)(c2ccc(Cl)cc2)C(B)(B)C1(B)B. The minimum Gasteiger partial charge on any atom is -0.102 e. The van der Waals surface area contributed by atoms with Gasteiger partial charge in [0.15, 0.2) is 0 Å². The van der Waals surface area contributed by atoms with E-state index in [1.54, 1.807) is 0 Å². The number of benzene rings is 1. The summed E-state index contributed by atoms with van der Waals surface area (Å²) in [5.41, 5.74) is 1.40. The van der Waals surface area contributed by atoms with E-state index in [1.807, 2.05) is 12.1 Å². The molecule has 1 saturated carbocycles. The van der Waals surface area contributed by atoms with E-state index in [4.69, 9.17) is 11.6 Å². The Labute approximate surface area is 164 Å². The highest BCUT2D eigenvalue weighted by Crippen LogP contribution is 2.83. The number of halogens is 1. The van der Waals surface area contributed by atoms with Gasteiger partial charge in [0.2, 0.25) is 0 Å². The smallest absolute Gasteiger partial charge is 0.102 e. The van der Waals surface area contributed by atoms with E-state index in [0.29, 0.717) is 0 Å². The van der Waals surface area contributed by atoms with Gasteiger partial charge in [0.05, 0.1) is 78.5 Å². The molecule has 0 atom stereocenters. The molecule has 1 aromatic carbocycles. The van der Waals surface area contributed by atoms with Crippen LogP contribution in [0.5, 0.6) is 0 Å². The average molecular weight is 325 g/mol. The van der Waals surface area contributed by atoms with Gasteiger partial charge >= 0.3 is 0 Å². The molecule has 0 saturated heterocycles. The first-order chi connectivity index (χ1) is 10.5. The minimum atomic E-state index is 0.0209. The largest absolute Gasteiger partial charge is 0.112 e. The molecule has 0 unspecified atom stereocenters. The van der Waals surface area contributed by atoms with Gasteiger partial charge in [0.1, 0.15) is 7.85 Å². The van der Waals surface area contributed by atoms with Crippen LogP contribution in [0.1, 0.15) is 5.56 Å². The summed E-state index contributed by atoms with van der Waals surface area (Å²) in [5.74, 6) is 0. The van der Waals surface area contributed by atoms with Crippen molar-refractivity contribution in [3.63, 3.8) is 0 Å². The first-order valence-corrected chi connectivity index (χ1v) is 9.64. The van der Waals surface area contributed by atoms with Crippen molar-refractivity contribution in [3.8, 4) is 0 Å². The Kier molecular flexibility index (Phi) is 4.59. The van der Waals surface area contributed by atoms with Gasteiger partial charge in [0, 0.05) is 5.02 Å². The summed E-state index contributed by atoms with van der Waals surface area (Å²) in [5, 5.41) is 1.56. The lowest BCUT2D eigenvalue weighted by Gasteiger charge is -2.80. The van der Waals surface area contributed by atoms with Crippen molar-refractivity contribution in [2.24, 2.45) is 0 Å². The normalized spacial score (nSPS) is 27.9. The molecule has 0 aromatic heterocycles. The maximum Gasteiger partial charge on any atom is 0.112 e. The fourth-order valence-corrected chi connectivity index (χ4v) is 6.01. The topological polar surface area (TPSA) is 0 Å². The van der Waals surface area contributed by atoms with Crippen LogP contribution in [0, 0.1) is 0 Å². The highest BCUT2D eigenvalue weighted by molar-refractivity contribution is 6.72. The molecule has 0 radical (unpaired) electrons. The Morgan fingerprint density at radius 2 is 0.792 bits per heavy atom. The van der Waals surface area contributed by atoms with Gasteiger partial charge in [-0.1, -0.05) is 45.0 Å². The molecule has 0 heterocycles. The van der Waals surface area contributed by atoms with Crippen molar-refractivity contribution in [2.45, 2.75) is 31.4 Å². The lowest BCUT2D eigenvalue weighted by atomic mass is 8.96. The van der Waals surface area contributed by atoms with Crippen molar-refractivity contribution in [3.05, 3.63) is 34.9 Å². The van der Waals surface area contributed by atoms with Crippen LogP contribution in [0.15, 0.2) is 24.3 Å². The molecule has 1 fully saturated rings. The van der Waals surface area contributed by atoms with E-state index in [2.05, 4.69) is 98.4 Å². The zero-order valence-corrected chi connectivity index (χ0v) is 18.4. The van der Waals surface area contributed by atoms with Crippen LogP contribution in [0.4, 0.5) is 0 Å². The molecule has 2 rings (SSSR count). The maximum absolute atomic E-state index is 6.20. The molecule has 0 N–H and O–H groups in total. The van der Waals surface area contributed by atoms with Gasteiger partial charge in [-0.2, -0.15) is 0 Å². The molecule has 0 nitrogen and oxygen atoms in total. The predicted molar refractivity (Wildman–Crippen MR) is 141 cm³/mol. The first kappa shape index (κ1) is 20.5. The number of rotatable bonds is 1. The van der Waals surface area contributed by atoms with Crippen LogP contribution in [0.3, 0.4) is 0 Å². The molecule has 1 aliphatic rings. The number of hydrogen-bond donors (Lipinski definition) is 0. The first-order valence-electron chi connectivity index (χ1n) is 9.26. The third kappa shape index (κ3) is 2.03. The molecule has 0 bridgehead atoms. The minimum absolute atomic E-state index is 0.0209. The monoisotopic (exact) mass is 326 g/mol. The molecular weight excluding hydrogens is 299 g/mol. The van der Waals surface area contributed by atoms with E-state index in [9.17, 15) is 0 Å². The van der Waals surface area contributed by atoms with Gasteiger partial charge in [-0.25, -0.2) is 0 Å². The zero-order valence-electron chi connectivity index (χ0n) is 17.7. The lowest BCUT2D eigenvalue weighted by Crippen LogP contribution is -2.70. The van der Waals surface area contributed by atoms with E-state index in [0.717, 1.165) is 5.02 Å². The predicted octanol–water partition coefficient (Wildman–Crippen LogP) is -6.91. The highest BCUT2D eigenvalue weighted by Gasteiger charge is 2.71. The van der Waals surface area contributed by atoms with Crippen molar-refractivity contribution in [1.29, 1.82) is 0 Å². The van der Waals surface area contributed by atoms with E-state index >= 15 is 0 Å². The molecule has 12 heteroatoms. The fraction of sp³-hybridized carbons (Fsp3) is 0.500. The Morgan fingerprint density at radius 3 is 1.12 bits per heavy atom. The number of hydrogen-bond acceptors (Lipinski definition) is 0. The van der Waals surface area contributed by atoms with E-state index in [-0.39, 0.29) is 31.4 Å². The summed E-state index contributed by atoms with van der Waals surface area (Å²) >= 11 is 6.20. The van der Waals surface area contributed by atoms with Gasteiger partial charge in [-0.05, 0) is 12.1 Å². The van der Waals surface area contributed by atoms with Gasteiger partial charge in [-0.15, -0.1) is 15.6 Å². The summed E-state index contributed by atoms with van der Waals surface area (Å²) in [7, 11) is 27.2. The molecule has 0 amide bonds.